The van der Waals surface area contributed by atoms with Gasteiger partial charge in [-0.1, -0.05) is 41.1 Å². The van der Waals surface area contributed by atoms with E-state index in [1.807, 2.05) is 30.3 Å². The van der Waals surface area contributed by atoms with E-state index in [1.165, 1.54) is 11.3 Å². The summed E-state index contributed by atoms with van der Waals surface area (Å²) in [5.41, 5.74) is 3.61. The molecular formula is C12H12ClN5S2. The van der Waals surface area contributed by atoms with Crippen LogP contribution in [0, 0.1) is 0 Å². The van der Waals surface area contributed by atoms with Gasteiger partial charge in [0, 0.05) is 12.7 Å². The maximum atomic E-state index is 6.05. The molecule has 20 heavy (non-hydrogen) atoms. The van der Waals surface area contributed by atoms with Crippen LogP contribution in [0.3, 0.4) is 0 Å². The lowest BCUT2D eigenvalue weighted by atomic mass is 10.3. The minimum atomic E-state index is 0.398. The van der Waals surface area contributed by atoms with Crippen molar-refractivity contribution >= 4 is 57.3 Å². The van der Waals surface area contributed by atoms with Crippen molar-refractivity contribution in [3.05, 3.63) is 40.4 Å². The van der Waals surface area contributed by atoms with Gasteiger partial charge in [0.15, 0.2) is 15.4 Å². The monoisotopic (exact) mass is 325 g/mol. The first-order chi connectivity index (χ1) is 9.69. The van der Waals surface area contributed by atoms with Gasteiger partial charge in [-0.05, 0) is 24.4 Å². The van der Waals surface area contributed by atoms with Crippen molar-refractivity contribution in [2.24, 2.45) is 5.10 Å². The van der Waals surface area contributed by atoms with Crippen LogP contribution in [0.1, 0.15) is 4.88 Å². The minimum Gasteiger partial charge on any atom is -0.364 e. The average molecular weight is 326 g/mol. The highest BCUT2D eigenvalue weighted by atomic mass is 35.5. The lowest BCUT2D eigenvalue weighted by Gasteiger charge is -2.00. The molecule has 0 atom stereocenters. The fourth-order valence-corrected chi connectivity index (χ4v) is 2.40. The molecule has 1 aromatic heterocycles. The number of halogens is 1. The molecular weight excluding hydrogens is 314 g/mol. The normalized spacial score (nSPS) is 10.5. The van der Waals surface area contributed by atoms with Gasteiger partial charge in [0.2, 0.25) is 0 Å². The second-order valence-corrected chi connectivity index (χ2v) is 5.41. The van der Waals surface area contributed by atoms with Gasteiger partial charge in [-0.25, -0.2) is 4.98 Å². The Morgan fingerprint density at radius 2 is 2.15 bits per heavy atom. The molecule has 0 aliphatic carbocycles. The predicted octanol–water partition coefficient (Wildman–Crippen LogP) is 2.97. The molecule has 1 aromatic carbocycles. The highest BCUT2D eigenvalue weighted by Gasteiger charge is 2.07. The Balaban J connectivity index is 2.04. The highest BCUT2D eigenvalue weighted by Crippen LogP contribution is 2.27. The summed E-state index contributed by atoms with van der Waals surface area (Å²) in [5, 5.41) is 11.4. The fraction of sp³-hybridized carbons (Fsp3) is 0.0833. The number of anilines is 2. The first-order valence-electron chi connectivity index (χ1n) is 5.68. The van der Waals surface area contributed by atoms with Crippen LogP contribution in [-0.4, -0.2) is 23.4 Å². The van der Waals surface area contributed by atoms with Gasteiger partial charge in [0.05, 0.1) is 11.1 Å². The zero-order valence-electron chi connectivity index (χ0n) is 10.6. The van der Waals surface area contributed by atoms with Crippen LogP contribution < -0.4 is 16.1 Å². The Bertz CT molecular complexity index is 612. The van der Waals surface area contributed by atoms with E-state index in [4.69, 9.17) is 23.8 Å². The molecule has 0 aliphatic rings. The first-order valence-corrected chi connectivity index (χ1v) is 7.28. The van der Waals surface area contributed by atoms with E-state index in [0.717, 1.165) is 10.6 Å². The van der Waals surface area contributed by atoms with Gasteiger partial charge in [0.25, 0.3) is 0 Å². The number of para-hydroxylation sites is 1. The lowest BCUT2D eigenvalue weighted by Crippen LogP contribution is -2.28. The molecule has 0 fully saturated rings. The first kappa shape index (κ1) is 14.7. The Kier molecular flexibility index (Phi) is 5.28. The molecule has 5 nitrogen and oxygen atoms in total. The van der Waals surface area contributed by atoms with Gasteiger partial charge in [-0.2, -0.15) is 5.10 Å². The van der Waals surface area contributed by atoms with E-state index in [-0.39, 0.29) is 0 Å². The van der Waals surface area contributed by atoms with Crippen molar-refractivity contribution in [1.82, 2.24) is 15.7 Å². The Labute approximate surface area is 131 Å². The quantitative estimate of drug-likeness (QED) is 0.458. The number of aromatic nitrogens is 1. The summed E-state index contributed by atoms with van der Waals surface area (Å²) in [5.74, 6) is 0. The van der Waals surface area contributed by atoms with Crippen LogP contribution in [0.4, 0.5) is 10.8 Å². The van der Waals surface area contributed by atoms with Crippen molar-refractivity contribution in [2.45, 2.75) is 0 Å². The highest BCUT2D eigenvalue weighted by molar-refractivity contribution is 7.80. The molecule has 3 N–H and O–H groups in total. The second kappa shape index (κ2) is 7.18. The van der Waals surface area contributed by atoms with E-state index in [9.17, 15) is 0 Å². The van der Waals surface area contributed by atoms with E-state index in [2.05, 4.69) is 26.1 Å². The summed E-state index contributed by atoms with van der Waals surface area (Å²) in [6.45, 7) is 0. The van der Waals surface area contributed by atoms with E-state index >= 15 is 0 Å². The van der Waals surface area contributed by atoms with Crippen LogP contribution in [0.15, 0.2) is 35.4 Å². The van der Waals surface area contributed by atoms with Gasteiger partial charge in [0.1, 0.15) is 0 Å². The smallest absolute Gasteiger partial charge is 0.189 e. The lowest BCUT2D eigenvalue weighted by molar-refractivity contribution is 0.982. The number of rotatable bonds is 4. The number of thiocarbonyl (C=S) groups is 1. The predicted molar refractivity (Wildman–Crippen MR) is 89.2 cm³/mol. The summed E-state index contributed by atoms with van der Waals surface area (Å²) in [6.07, 6.45) is 1.58. The Morgan fingerprint density at radius 3 is 2.85 bits per heavy atom. The molecule has 104 valence electrons. The minimum absolute atomic E-state index is 0.398. The van der Waals surface area contributed by atoms with Crippen LogP contribution in [-0.2, 0) is 0 Å². The van der Waals surface area contributed by atoms with Crippen molar-refractivity contribution in [1.29, 1.82) is 0 Å². The molecule has 1 heterocycles. The van der Waals surface area contributed by atoms with Crippen LogP contribution in [0.2, 0.25) is 5.15 Å². The number of benzene rings is 1. The number of hydrogen-bond acceptors (Lipinski definition) is 5. The summed E-state index contributed by atoms with van der Waals surface area (Å²) in [4.78, 5) is 4.98. The standard InChI is InChI=1S/C12H12ClN5S2/c1-14-11(19)18-15-7-9-10(13)17-12(20-9)16-8-5-3-2-4-6-8/h2-7H,1H3,(H,16,17)(H2,14,18,19)/b15-7+. The van der Waals surface area contributed by atoms with E-state index in [1.54, 1.807) is 13.3 Å². The maximum Gasteiger partial charge on any atom is 0.189 e. The third-order valence-electron chi connectivity index (χ3n) is 2.21. The molecule has 8 heteroatoms. The molecule has 0 saturated heterocycles. The molecule has 0 radical (unpaired) electrons. The van der Waals surface area contributed by atoms with Crippen molar-refractivity contribution in [3.63, 3.8) is 0 Å². The number of hydrazone groups is 1. The van der Waals surface area contributed by atoms with Gasteiger partial charge >= 0.3 is 0 Å². The fourth-order valence-electron chi connectivity index (χ4n) is 1.30. The van der Waals surface area contributed by atoms with Gasteiger partial charge in [-0.15, -0.1) is 0 Å². The van der Waals surface area contributed by atoms with Crippen molar-refractivity contribution in [2.75, 3.05) is 12.4 Å². The Morgan fingerprint density at radius 1 is 1.40 bits per heavy atom. The maximum absolute atomic E-state index is 6.05. The summed E-state index contributed by atoms with van der Waals surface area (Å²) < 4.78 is 0. The largest absolute Gasteiger partial charge is 0.364 e. The molecule has 0 amide bonds. The zero-order valence-corrected chi connectivity index (χ0v) is 12.9. The summed E-state index contributed by atoms with van der Waals surface area (Å²) in [6, 6.07) is 9.76. The van der Waals surface area contributed by atoms with Gasteiger partial charge < -0.3 is 10.6 Å². The van der Waals surface area contributed by atoms with Crippen molar-refractivity contribution < 1.29 is 0 Å². The molecule has 0 unspecified atom stereocenters. The van der Waals surface area contributed by atoms with Crippen LogP contribution in [0.5, 0.6) is 0 Å². The molecule has 0 saturated carbocycles. The van der Waals surface area contributed by atoms with Crippen LogP contribution in [0.25, 0.3) is 0 Å². The number of thiazole rings is 1. The number of nitrogens with zero attached hydrogens (tertiary/aromatic N) is 2. The number of hydrogen-bond donors (Lipinski definition) is 3. The molecule has 0 bridgehead atoms. The molecule has 0 aliphatic heterocycles. The molecule has 2 rings (SSSR count). The third-order valence-corrected chi connectivity index (χ3v) is 3.81. The average Bonchev–Trinajstić information content (AvgIpc) is 2.80. The SMILES string of the molecule is CNC(=S)N/N=C/c1sc(Nc2ccccc2)nc1Cl. The zero-order chi connectivity index (χ0) is 14.4. The van der Waals surface area contributed by atoms with E-state index < -0.39 is 0 Å². The number of nitrogens with one attached hydrogen (secondary N) is 3. The van der Waals surface area contributed by atoms with E-state index in [0.29, 0.717) is 15.4 Å². The topological polar surface area (TPSA) is 61.3 Å². The summed E-state index contributed by atoms with van der Waals surface area (Å²) >= 11 is 12.4. The summed E-state index contributed by atoms with van der Waals surface area (Å²) in [7, 11) is 1.71. The van der Waals surface area contributed by atoms with Crippen molar-refractivity contribution in [3.8, 4) is 0 Å². The van der Waals surface area contributed by atoms with Gasteiger partial charge in [-0.3, -0.25) is 5.43 Å². The third kappa shape index (κ3) is 4.16. The Hall–Kier alpha value is -1.70. The molecule has 0 spiro atoms. The van der Waals surface area contributed by atoms with Crippen LogP contribution >= 0.6 is 35.2 Å². The molecule has 2 aromatic rings. The second-order valence-electron chi connectivity index (χ2n) is 3.61.